The molecule has 16 heavy (non-hydrogen) atoms. The number of halogens is 1. The van der Waals surface area contributed by atoms with Crippen LogP contribution in [-0.4, -0.2) is 29.1 Å². The number of alkyl halides is 1. The van der Waals surface area contributed by atoms with Gasteiger partial charge in [-0.15, -0.1) is 0 Å². The number of rotatable bonds is 2. The van der Waals surface area contributed by atoms with Gasteiger partial charge in [0.1, 0.15) is 6.17 Å². The quantitative estimate of drug-likeness (QED) is 0.767. The van der Waals surface area contributed by atoms with E-state index in [0.29, 0.717) is 13.0 Å². The minimum absolute atomic E-state index is 0.577. The first-order valence-corrected chi connectivity index (χ1v) is 6.02. The van der Waals surface area contributed by atoms with Crippen molar-refractivity contribution in [3.8, 4) is 0 Å². The minimum Gasteiger partial charge on any atom is -0.296 e. The molecule has 0 amide bonds. The zero-order valence-corrected chi connectivity index (χ0v) is 10.4. The van der Waals surface area contributed by atoms with Crippen LogP contribution < -0.4 is 0 Å². The largest absolute Gasteiger partial charge is 0.296 e. The molecule has 0 bridgehead atoms. The van der Waals surface area contributed by atoms with Gasteiger partial charge in [-0.25, -0.2) is 4.39 Å². The molecule has 90 valence electrons. The number of hydrogen-bond acceptors (Lipinski definition) is 2. The van der Waals surface area contributed by atoms with Crippen LogP contribution >= 0.6 is 0 Å². The molecule has 2 rings (SSSR count). The van der Waals surface area contributed by atoms with Crippen molar-refractivity contribution in [2.75, 3.05) is 13.1 Å². The lowest BCUT2D eigenvalue weighted by atomic mass is 10.2. The lowest BCUT2D eigenvalue weighted by molar-refractivity contribution is 0.282. The normalized spacial score (nSPS) is 20.4. The molecule has 0 aliphatic carbocycles. The van der Waals surface area contributed by atoms with Crippen molar-refractivity contribution >= 4 is 0 Å². The Bertz CT molecular complexity index is 297. The molecule has 0 radical (unpaired) electrons. The second kappa shape index (κ2) is 6.59. The Morgan fingerprint density at radius 3 is 2.69 bits per heavy atom. The molecule has 2 heterocycles. The molecule has 3 heteroatoms. The van der Waals surface area contributed by atoms with Gasteiger partial charge in [0.25, 0.3) is 0 Å². The molecule has 2 nitrogen and oxygen atoms in total. The fourth-order valence-electron chi connectivity index (χ4n) is 1.78. The second-order valence-corrected chi connectivity index (χ2v) is 3.93. The minimum atomic E-state index is -0.631. The maximum absolute atomic E-state index is 12.9. The highest BCUT2D eigenvalue weighted by Gasteiger charge is 2.21. The SMILES string of the molecule is CC.Cc1ccc(CN2CCC(F)C2)cn1. The van der Waals surface area contributed by atoms with Gasteiger partial charge in [-0.2, -0.15) is 0 Å². The predicted molar refractivity (Wildman–Crippen MR) is 65.1 cm³/mol. The Hall–Kier alpha value is -0.960. The summed E-state index contributed by atoms with van der Waals surface area (Å²) in [5, 5.41) is 0. The van der Waals surface area contributed by atoms with Crippen LogP contribution in [0.3, 0.4) is 0 Å². The summed E-state index contributed by atoms with van der Waals surface area (Å²) in [4.78, 5) is 6.36. The summed E-state index contributed by atoms with van der Waals surface area (Å²) < 4.78 is 12.9. The molecule has 1 aromatic heterocycles. The van der Waals surface area contributed by atoms with Crippen LogP contribution in [0.5, 0.6) is 0 Å². The zero-order valence-electron chi connectivity index (χ0n) is 10.4. The average molecular weight is 224 g/mol. The average Bonchev–Trinajstić information content (AvgIpc) is 2.70. The lowest BCUT2D eigenvalue weighted by Crippen LogP contribution is -2.20. The van der Waals surface area contributed by atoms with Gasteiger partial charge in [-0.1, -0.05) is 19.9 Å². The monoisotopic (exact) mass is 224 g/mol. The third kappa shape index (κ3) is 3.89. The zero-order chi connectivity index (χ0) is 12.0. The van der Waals surface area contributed by atoms with Crippen LogP contribution in [-0.2, 0) is 6.54 Å². The van der Waals surface area contributed by atoms with Crippen molar-refractivity contribution in [2.24, 2.45) is 0 Å². The topological polar surface area (TPSA) is 16.1 Å². The highest BCUT2D eigenvalue weighted by molar-refractivity contribution is 5.13. The third-order valence-corrected chi connectivity index (χ3v) is 2.59. The number of aryl methyl sites for hydroxylation is 1. The van der Waals surface area contributed by atoms with Crippen molar-refractivity contribution in [1.82, 2.24) is 9.88 Å². The van der Waals surface area contributed by atoms with Gasteiger partial charge in [0.2, 0.25) is 0 Å². The molecule has 0 N–H and O–H groups in total. The van der Waals surface area contributed by atoms with Crippen LogP contribution in [0.1, 0.15) is 31.5 Å². The van der Waals surface area contributed by atoms with E-state index in [9.17, 15) is 4.39 Å². The number of likely N-dealkylation sites (tertiary alicyclic amines) is 1. The van der Waals surface area contributed by atoms with E-state index in [1.807, 2.05) is 33.0 Å². The fourth-order valence-corrected chi connectivity index (χ4v) is 1.78. The van der Waals surface area contributed by atoms with Gasteiger partial charge >= 0.3 is 0 Å². The molecule has 1 aliphatic heterocycles. The Balaban J connectivity index is 0.000000606. The fraction of sp³-hybridized carbons (Fsp3) is 0.615. The van der Waals surface area contributed by atoms with Gasteiger partial charge in [-0.3, -0.25) is 9.88 Å². The van der Waals surface area contributed by atoms with E-state index in [0.717, 1.165) is 18.8 Å². The van der Waals surface area contributed by atoms with Crippen molar-refractivity contribution in [1.29, 1.82) is 0 Å². The highest BCUT2D eigenvalue weighted by Crippen LogP contribution is 2.15. The second-order valence-electron chi connectivity index (χ2n) is 3.93. The summed E-state index contributed by atoms with van der Waals surface area (Å²) in [6.45, 7) is 8.24. The molecular formula is C13H21FN2. The molecule has 1 unspecified atom stereocenters. The summed E-state index contributed by atoms with van der Waals surface area (Å²) in [6, 6.07) is 4.06. The van der Waals surface area contributed by atoms with Crippen LogP contribution in [0.25, 0.3) is 0 Å². The summed E-state index contributed by atoms with van der Waals surface area (Å²) in [6.07, 6.45) is 1.92. The van der Waals surface area contributed by atoms with E-state index in [-0.39, 0.29) is 0 Å². The van der Waals surface area contributed by atoms with Crippen LogP contribution in [0, 0.1) is 6.92 Å². The molecular weight excluding hydrogens is 203 g/mol. The van der Waals surface area contributed by atoms with E-state index in [4.69, 9.17) is 0 Å². The Morgan fingerprint density at radius 1 is 1.44 bits per heavy atom. The van der Waals surface area contributed by atoms with E-state index < -0.39 is 6.17 Å². The Morgan fingerprint density at radius 2 is 2.19 bits per heavy atom. The van der Waals surface area contributed by atoms with Crippen molar-refractivity contribution in [3.63, 3.8) is 0 Å². The summed E-state index contributed by atoms with van der Waals surface area (Å²) in [5.41, 5.74) is 2.20. The van der Waals surface area contributed by atoms with E-state index in [2.05, 4.69) is 16.0 Å². The first-order chi connectivity index (χ1) is 7.74. The molecule has 1 fully saturated rings. The van der Waals surface area contributed by atoms with Crippen molar-refractivity contribution in [2.45, 2.75) is 39.9 Å². The molecule has 1 aliphatic rings. The first kappa shape index (κ1) is 13.1. The summed E-state index contributed by atoms with van der Waals surface area (Å²) >= 11 is 0. The smallest absolute Gasteiger partial charge is 0.114 e. The van der Waals surface area contributed by atoms with Crippen LogP contribution in [0.2, 0.25) is 0 Å². The molecule has 0 spiro atoms. The maximum Gasteiger partial charge on any atom is 0.114 e. The van der Waals surface area contributed by atoms with Crippen LogP contribution in [0.15, 0.2) is 18.3 Å². The lowest BCUT2D eigenvalue weighted by Gasteiger charge is -2.13. The van der Waals surface area contributed by atoms with Crippen LogP contribution in [0.4, 0.5) is 4.39 Å². The van der Waals surface area contributed by atoms with Gasteiger partial charge in [0, 0.05) is 31.5 Å². The first-order valence-electron chi connectivity index (χ1n) is 6.02. The third-order valence-electron chi connectivity index (χ3n) is 2.59. The van der Waals surface area contributed by atoms with Crippen molar-refractivity contribution in [3.05, 3.63) is 29.6 Å². The van der Waals surface area contributed by atoms with E-state index >= 15 is 0 Å². The number of hydrogen-bond donors (Lipinski definition) is 0. The molecule has 1 aromatic rings. The predicted octanol–water partition coefficient (Wildman–Crippen LogP) is 2.96. The van der Waals surface area contributed by atoms with E-state index in [1.165, 1.54) is 5.56 Å². The van der Waals surface area contributed by atoms with Gasteiger partial charge in [0.15, 0.2) is 0 Å². The summed E-state index contributed by atoms with van der Waals surface area (Å²) in [7, 11) is 0. The standard InChI is InChI=1S/C11H15FN2.C2H6/c1-9-2-3-10(6-13-9)7-14-5-4-11(12)8-14;1-2/h2-3,6,11H,4-5,7-8H2,1H3;1-2H3. The molecule has 1 atom stereocenters. The number of pyridine rings is 1. The molecule has 1 saturated heterocycles. The maximum atomic E-state index is 12.9. The number of nitrogens with zero attached hydrogens (tertiary/aromatic N) is 2. The summed E-state index contributed by atoms with van der Waals surface area (Å²) in [5.74, 6) is 0. The number of aromatic nitrogens is 1. The van der Waals surface area contributed by atoms with Gasteiger partial charge in [-0.05, 0) is 25.0 Å². The molecule has 0 aromatic carbocycles. The Kier molecular flexibility index (Phi) is 5.39. The molecule has 0 saturated carbocycles. The van der Waals surface area contributed by atoms with Gasteiger partial charge in [0.05, 0.1) is 0 Å². The van der Waals surface area contributed by atoms with Crippen molar-refractivity contribution < 1.29 is 4.39 Å². The van der Waals surface area contributed by atoms with E-state index in [1.54, 1.807) is 0 Å². The highest BCUT2D eigenvalue weighted by atomic mass is 19.1. The Labute approximate surface area is 97.5 Å². The van der Waals surface area contributed by atoms with Gasteiger partial charge < -0.3 is 0 Å².